The number of hydrogen-bond donors (Lipinski definition) is 1. The van der Waals surface area contributed by atoms with Gasteiger partial charge in [0.05, 0.1) is 5.56 Å². The second-order valence-electron chi connectivity index (χ2n) is 4.23. The number of oxime groups is 1. The Labute approximate surface area is 125 Å². The summed E-state index contributed by atoms with van der Waals surface area (Å²) in [5, 5.41) is 3.66. The molecule has 0 unspecified atom stereocenters. The Morgan fingerprint density at radius 3 is 2.20 bits per heavy atom. The van der Waals surface area contributed by atoms with Gasteiger partial charge in [-0.15, -0.1) is 0 Å². The van der Waals surface area contributed by atoms with E-state index in [-0.39, 0.29) is 5.84 Å². The van der Waals surface area contributed by atoms with Gasteiger partial charge in [0, 0.05) is 10.0 Å². The SMILES string of the molecule is Cc1ccc(C(N)=NOC(=O)c2ccc(Br)cc2)cc1. The van der Waals surface area contributed by atoms with Crippen LogP contribution in [0.15, 0.2) is 58.2 Å². The van der Waals surface area contributed by atoms with Crippen LogP contribution in [0, 0.1) is 6.92 Å². The van der Waals surface area contributed by atoms with Crippen LogP contribution in [-0.2, 0) is 4.84 Å². The number of rotatable bonds is 3. The summed E-state index contributed by atoms with van der Waals surface area (Å²) in [5.41, 5.74) is 8.00. The minimum Gasteiger partial charge on any atom is -0.380 e. The standard InChI is InChI=1S/C15H13BrN2O2/c1-10-2-4-11(5-3-10)14(17)18-20-15(19)12-6-8-13(16)9-7-12/h2-9H,1H3,(H2,17,18). The van der Waals surface area contributed by atoms with E-state index in [1.165, 1.54) is 0 Å². The van der Waals surface area contributed by atoms with E-state index in [0.29, 0.717) is 11.1 Å². The van der Waals surface area contributed by atoms with Gasteiger partial charge >= 0.3 is 5.97 Å². The Bertz CT molecular complexity index is 634. The lowest BCUT2D eigenvalue weighted by Gasteiger charge is -2.02. The van der Waals surface area contributed by atoms with Crippen LogP contribution in [-0.4, -0.2) is 11.8 Å². The average molecular weight is 333 g/mol. The topological polar surface area (TPSA) is 64.7 Å². The summed E-state index contributed by atoms with van der Waals surface area (Å²) in [6, 6.07) is 14.3. The van der Waals surface area contributed by atoms with E-state index < -0.39 is 5.97 Å². The van der Waals surface area contributed by atoms with E-state index in [2.05, 4.69) is 21.1 Å². The molecule has 4 nitrogen and oxygen atoms in total. The third-order valence-electron chi connectivity index (χ3n) is 2.65. The second-order valence-corrected chi connectivity index (χ2v) is 5.14. The van der Waals surface area contributed by atoms with Gasteiger partial charge in [0.1, 0.15) is 0 Å². The highest BCUT2D eigenvalue weighted by molar-refractivity contribution is 9.10. The molecule has 0 spiro atoms. The zero-order valence-corrected chi connectivity index (χ0v) is 12.4. The number of hydrogen-bond acceptors (Lipinski definition) is 3. The van der Waals surface area contributed by atoms with Crippen LogP contribution < -0.4 is 5.73 Å². The third-order valence-corrected chi connectivity index (χ3v) is 3.18. The van der Waals surface area contributed by atoms with Crippen molar-refractivity contribution in [3.63, 3.8) is 0 Å². The quantitative estimate of drug-likeness (QED) is 0.406. The van der Waals surface area contributed by atoms with Crippen LogP contribution in [0.5, 0.6) is 0 Å². The van der Waals surface area contributed by atoms with Gasteiger partial charge < -0.3 is 10.6 Å². The van der Waals surface area contributed by atoms with E-state index in [4.69, 9.17) is 10.6 Å². The van der Waals surface area contributed by atoms with Crippen molar-refractivity contribution in [2.45, 2.75) is 6.92 Å². The molecule has 0 saturated heterocycles. The Balaban J connectivity index is 2.06. The van der Waals surface area contributed by atoms with Gasteiger partial charge in [-0.3, -0.25) is 0 Å². The molecule has 0 atom stereocenters. The maximum Gasteiger partial charge on any atom is 0.365 e. The maximum atomic E-state index is 11.7. The van der Waals surface area contributed by atoms with Crippen LogP contribution in [0.25, 0.3) is 0 Å². The van der Waals surface area contributed by atoms with Gasteiger partial charge in [0.15, 0.2) is 5.84 Å². The largest absolute Gasteiger partial charge is 0.380 e. The molecule has 0 heterocycles. The molecule has 0 saturated carbocycles. The predicted molar refractivity (Wildman–Crippen MR) is 81.5 cm³/mol. The first kappa shape index (κ1) is 14.3. The lowest BCUT2D eigenvalue weighted by Crippen LogP contribution is -2.15. The minimum absolute atomic E-state index is 0.162. The highest BCUT2D eigenvalue weighted by Crippen LogP contribution is 2.11. The number of carbonyl (C=O) groups excluding carboxylic acids is 1. The Morgan fingerprint density at radius 2 is 1.60 bits per heavy atom. The van der Waals surface area contributed by atoms with Crippen LogP contribution >= 0.6 is 15.9 Å². The highest BCUT2D eigenvalue weighted by Gasteiger charge is 2.07. The predicted octanol–water partition coefficient (Wildman–Crippen LogP) is 3.23. The van der Waals surface area contributed by atoms with Gasteiger partial charge in [-0.25, -0.2) is 4.79 Å². The van der Waals surface area contributed by atoms with Crippen LogP contribution in [0.3, 0.4) is 0 Å². The molecule has 20 heavy (non-hydrogen) atoms. The zero-order valence-electron chi connectivity index (χ0n) is 10.8. The lowest BCUT2D eigenvalue weighted by atomic mass is 10.1. The molecule has 2 N–H and O–H groups in total. The molecule has 2 aromatic carbocycles. The molecule has 0 aliphatic carbocycles. The van der Waals surface area contributed by atoms with Gasteiger partial charge in [0.2, 0.25) is 0 Å². The van der Waals surface area contributed by atoms with Crippen molar-refractivity contribution < 1.29 is 9.63 Å². The summed E-state index contributed by atoms with van der Waals surface area (Å²) in [6.45, 7) is 1.98. The second kappa shape index (κ2) is 6.34. The Morgan fingerprint density at radius 1 is 1.05 bits per heavy atom. The average Bonchev–Trinajstić information content (AvgIpc) is 2.46. The van der Waals surface area contributed by atoms with E-state index in [1.54, 1.807) is 24.3 Å². The number of carbonyl (C=O) groups is 1. The minimum atomic E-state index is -0.549. The number of benzene rings is 2. The molecule has 0 bridgehead atoms. The Hall–Kier alpha value is -2.14. The van der Waals surface area contributed by atoms with Crippen molar-refractivity contribution in [3.8, 4) is 0 Å². The summed E-state index contributed by atoms with van der Waals surface area (Å²) < 4.78 is 0.886. The molecule has 0 aliphatic rings. The number of nitrogens with two attached hydrogens (primary N) is 1. The van der Waals surface area contributed by atoms with Gasteiger partial charge in [-0.2, -0.15) is 0 Å². The third kappa shape index (κ3) is 3.68. The fourth-order valence-corrected chi connectivity index (χ4v) is 1.77. The first-order valence-corrected chi connectivity index (χ1v) is 6.73. The molecule has 0 fully saturated rings. The fourth-order valence-electron chi connectivity index (χ4n) is 1.51. The zero-order chi connectivity index (χ0) is 14.5. The van der Waals surface area contributed by atoms with Crippen LogP contribution in [0.2, 0.25) is 0 Å². The van der Waals surface area contributed by atoms with Crippen molar-refractivity contribution in [2.75, 3.05) is 0 Å². The molecule has 102 valence electrons. The molecule has 0 aliphatic heterocycles. The summed E-state index contributed by atoms with van der Waals surface area (Å²) in [4.78, 5) is 16.6. The Kier molecular flexibility index (Phi) is 4.53. The summed E-state index contributed by atoms with van der Waals surface area (Å²) >= 11 is 3.29. The van der Waals surface area contributed by atoms with E-state index >= 15 is 0 Å². The summed E-state index contributed by atoms with van der Waals surface area (Å²) in [6.07, 6.45) is 0. The monoisotopic (exact) mass is 332 g/mol. The highest BCUT2D eigenvalue weighted by atomic mass is 79.9. The normalized spacial score (nSPS) is 11.2. The van der Waals surface area contributed by atoms with Crippen molar-refractivity contribution >= 4 is 27.7 Å². The van der Waals surface area contributed by atoms with Gasteiger partial charge in [-0.05, 0) is 31.2 Å². The van der Waals surface area contributed by atoms with Gasteiger partial charge in [0.25, 0.3) is 0 Å². The fraction of sp³-hybridized carbons (Fsp3) is 0.0667. The number of nitrogens with zero attached hydrogens (tertiary/aromatic N) is 1. The first-order chi connectivity index (χ1) is 9.56. The van der Waals surface area contributed by atoms with Crippen molar-refractivity contribution in [1.82, 2.24) is 0 Å². The maximum absolute atomic E-state index is 11.7. The molecule has 2 aromatic rings. The molecular formula is C15H13BrN2O2. The number of halogens is 1. The van der Waals surface area contributed by atoms with Crippen molar-refractivity contribution in [1.29, 1.82) is 0 Å². The molecule has 2 rings (SSSR count). The first-order valence-electron chi connectivity index (χ1n) is 5.93. The van der Waals surface area contributed by atoms with Crippen molar-refractivity contribution in [2.24, 2.45) is 10.9 Å². The van der Waals surface area contributed by atoms with E-state index in [1.807, 2.05) is 31.2 Å². The van der Waals surface area contributed by atoms with E-state index in [9.17, 15) is 4.79 Å². The summed E-state index contributed by atoms with van der Waals surface area (Å²) in [7, 11) is 0. The number of aryl methyl sites for hydroxylation is 1. The molecule has 5 heteroatoms. The lowest BCUT2D eigenvalue weighted by molar-refractivity contribution is 0.0516. The molecule has 0 aromatic heterocycles. The summed E-state index contributed by atoms with van der Waals surface area (Å²) in [5.74, 6) is -0.386. The molecule has 0 radical (unpaired) electrons. The molecular weight excluding hydrogens is 320 g/mol. The van der Waals surface area contributed by atoms with Gasteiger partial charge in [-0.1, -0.05) is 50.9 Å². The van der Waals surface area contributed by atoms with Crippen LogP contribution in [0.1, 0.15) is 21.5 Å². The smallest absolute Gasteiger partial charge is 0.365 e. The number of amidine groups is 1. The van der Waals surface area contributed by atoms with Crippen molar-refractivity contribution in [3.05, 3.63) is 69.7 Å². The van der Waals surface area contributed by atoms with Crippen LogP contribution in [0.4, 0.5) is 0 Å². The molecule has 0 amide bonds. The van der Waals surface area contributed by atoms with E-state index in [0.717, 1.165) is 10.0 Å².